The number of hydrogen-bond donors (Lipinski definition) is 3. The van der Waals surface area contributed by atoms with Crippen LogP contribution >= 0.6 is 0 Å². The van der Waals surface area contributed by atoms with Crippen molar-refractivity contribution in [2.75, 3.05) is 5.32 Å². The van der Waals surface area contributed by atoms with Crippen molar-refractivity contribution in [3.05, 3.63) is 41.5 Å². The molecular weight excluding hydrogens is 251 g/mol. The lowest BCUT2D eigenvalue weighted by Gasteiger charge is -2.06. The maximum absolute atomic E-state index is 13.4. The Kier molecular flexibility index (Phi) is 2.92. The third-order valence-electron chi connectivity index (χ3n) is 2.13. The van der Waals surface area contributed by atoms with Crippen molar-refractivity contribution in [2.24, 2.45) is 0 Å². The molecule has 2 rings (SSSR count). The molecule has 0 aliphatic heterocycles. The van der Waals surface area contributed by atoms with Crippen molar-refractivity contribution in [3.8, 4) is 5.75 Å². The van der Waals surface area contributed by atoms with Crippen LogP contribution in [0.1, 0.15) is 10.4 Å². The van der Waals surface area contributed by atoms with Crippen LogP contribution in [0.25, 0.3) is 0 Å². The molecule has 0 aliphatic rings. The number of aromatic amines is 1. The van der Waals surface area contributed by atoms with Gasteiger partial charge in [-0.25, -0.2) is 8.78 Å². The zero-order valence-corrected chi connectivity index (χ0v) is 8.67. The Labute approximate surface area is 98.3 Å². The van der Waals surface area contributed by atoms with Crippen molar-refractivity contribution < 1.29 is 23.1 Å². The summed E-state index contributed by atoms with van der Waals surface area (Å²) in [6, 6.07) is 0.361. The third kappa shape index (κ3) is 1.99. The van der Waals surface area contributed by atoms with Crippen LogP contribution in [-0.2, 0) is 0 Å². The standard InChI is InChI=1S/C10H6F3N3O2/c11-6-1-5(7(12)9(17)8(6)13)10(18)16-4-2-14-15-3-4/h1-3,17H,(H,14,15)(H,16,18). The van der Waals surface area contributed by atoms with E-state index in [9.17, 15) is 18.0 Å². The van der Waals surface area contributed by atoms with Gasteiger partial charge in [0.1, 0.15) is 0 Å². The minimum Gasteiger partial charge on any atom is -0.503 e. The second-order valence-electron chi connectivity index (χ2n) is 3.32. The average Bonchev–Trinajstić information content (AvgIpc) is 2.83. The topological polar surface area (TPSA) is 78.0 Å². The van der Waals surface area contributed by atoms with Crippen LogP contribution in [0, 0.1) is 17.5 Å². The van der Waals surface area contributed by atoms with E-state index >= 15 is 0 Å². The summed E-state index contributed by atoms with van der Waals surface area (Å²) in [6.45, 7) is 0. The fourth-order valence-corrected chi connectivity index (χ4v) is 1.27. The summed E-state index contributed by atoms with van der Waals surface area (Å²) in [4.78, 5) is 11.6. The van der Waals surface area contributed by atoms with Gasteiger partial charge in [0.05, 0.1) is 17.4 Å². The second-order valence-corrected chi connectivity index (χ2v) is 3.32. The number of amides is 1. The van der Waals surface area contributed by atoms with E-state index in [4.69, 9.17) is 5.11 Å². The quantitative estimate of drug-likeness (QED) is 0.717. The number of rotatable bonds is 2. The van der Waals surface area contributed by atoms with E-state index in [0.29, 0.717) is 6.07 Å². The molecule has 0 radical (unpaired) electrons. The van der Waals surface area contributed by atoms with Gasteiger partial charge in [-0.2, -0.15) is 9.49 Å². The maximum Gasteiger partial charge on any atom is 0.258 e. The van der Waals surface area contributed by atoms with Gasteiger partial charge in [0.2, 0.25) is 5.82 Å². The van der Waals surface area contributed by atoms with Crippen LogP contribution < -0.4 is 5.32 Å². The van der Waals surface area contributed by atoms with Crippen molar-refractivity contribution >= 4 is 11.6 Å². The zero-order valence-electron chi connectivity index (χ0n) is 8.67. The van der Waals surface area contributed by atoms with Crippen LogP contribution in [-0.4, -0.2) is 21.2 Å². The number of nitrogens with zero attached hydrogens (tertiary/aromatic N) is 1. The summed E-state index contributed by atoms with van der Waals surface area (Å²) in [6.07, 6.45) is 2.53. The van der Waals surface area contributed by atoms with Crippen LogP contribution in [0.3, 0.4) is 0 Å². The average molecular weight is 257 g/mol. The van der Waals surface area contributed by atoms with Gasteiger partial charge in [-0.15, -0.1) is 0 Å². The first-order valence-corrected chi connectivity index (χ1v) is 4.67. The van der Waals surface area contributed by atoms with Gasteiger partial charge in [-0.1, -0.05) is 0 Å². The minimum absolute atomic E-state index is 0.212. The molecule has 18 heavy (non-hydrogen) atoms. The van der Waals surface area contributed by atoms with Crippen LogP contribution in [0.15, 0.2) is 18.5 Å². The first kappa shape index (κ1) is 12.0. The molecule has 2 aromatic rings. The molecule has 1 amide bonds. The molecule has 0 spiro atoms. The lowest BCUT2D eigenvalue weighted by Crippen LogP contribution is -2.14. The highest BCUT2D eigenvalue weighted by Crippen LogP contribution is 2.26. The van der Waals surface area contributed by atoms with E-state index in [1.807, 2.05) is 0 Å². The molecule has 1 aromatic heterocycles. The number of H-pyrrole nitrogens is 1. The number of carbonyl (C=O) groups excluding carboxylic acids is 1. The van der Waals surface area contributed by atoms with Crippen LogP contribution in [0.5, 0.6) is 5.75 Å². The van der Waals surface area contributed by atoms with Crippen LogP contribution in [0.2, 0.25) is 0 Å². The SMILES string of the molecule is O=C(Nc1cn[nH]c1)c1cc(F)c(F)c(O)c1F. The van der Waals surface area contributed by atoms with E-state index in [1.54, 1.807) is 0 Å². The normalized spacial score (nSPS) is 10.4. The predicted molar refractivity (Wildman–Crippen MR) is 54.5 cm³/mol. The van der Waals surface area contributed by atoms with E-state index < -0.39 is 34.7 Å². The number of phenols is 1. The summed E-state index contributed by atoms with van der Waals surface area (Å²) in [7, 11) is 0. The Balaban J connectivity index is 2.36. The van der Waals surface area contributed by atoms with Gasteiger partial charge in [-0.05, 0) is 6.07 Å². The maximum atomic E-state index is 13.4. The molecule has 0 unspecified atom stereocenters. The number of nitrogens with one attached hydrogen (secondary N) is 2. The minimum atomic E-state index is -1.74. The summed E-state index contributed by atoms with van der Waals surface area (Å²) in [5, 5.41) is 17.0. The van der Waals surface area contributed by atoms with Gasteiger partial charge < -0.3 is 10.4 Å². The van der Waals surface area contributed by atoms with Crippen molar-refractivity contribution in [1.29, 1.82) is 0 Å². The van der Waals surface area contributed by atoms with Gasteiger partial charge in [-0.3, -0.25) is 9.89 Å². The highest BCUT2D eigenvalue weighted by Gasteiger charge is 2.22. The predicted octanol–water partition coefficient (Wildman–Crippen LogP) is 1.78. The number of aromatic hydroxyl groups is 1. The molecule has 0 saturated heterocycles. The number of benzene rings is 1. The summed E-state index contributed by atoms with van der Waals surface area (Å²) < 4.78 is 39.1. The molecule has 0 fully saturated rings. The third-order valence-corrected chi connectivity index (χ3v) is 2.13. The monoisotopic (exact) mass is 257 g/mol. The van der Waals surface area contributed by atoms with Gasteiger partial charge in [0, 0.05) is 6.20 Å². The molecule has 1 aromatic carbocycles. The molecule has 0 saturated carbocycles. The fraction of sp³-hybridized carbons (Fsp3) is 0. The van der Waals surface area contributed by atoms with E-state index in [0.717, 1.165) is 0 Å². The largest absolute Gasteiger partial charge is 0.503 e. The molecule has 8 heteroatoms. The number of aromatic nitrogens is 2. The van der Waals surface area contributed by atoms with Crippen molar-refractivity contribution in [2.45, 2.75) is 0 Å². The van der Waals surface area contributed by atoms with Gasteiger partial charge in [0.15, 0.2) is 17.4 Å². The molecule has 3 N–H and O–H groups in total. The fourth-order valence-electron chi connectivity index (χ4n) is 1.27. The Morgan fingerprint density at radius 2 is 2.06 bits per heavy atom. The summed E-state index contributed by atoms with van der Waals surface area (Å²) in [5.41, 5.74) is -0.601. The van der Waals surface area contributed by atoms with E-state index in [1.165, 1.54) is 12.4 Å². The summed E-state index contributed by atoms with van der Waals surface area (Å²) >= 11 is 0. The number of halogens is 3. The summed E-state index contributed by atoms with van der Waals surface area (Å²) in [5.74, 6) is -7.37. The Morgan fingerprint density at radius 1 is 1.33 bits per heavy atom. The number of phenolic OH excluding ortho intramolecular Hbond substituents is 1. The Morgan fingerprint density at radius 3 is 2.67 bits per heavy atom. The molecule has 0 bridgehead atoms. The lowest BCUT2D eigenvalue weighted by atomic mass is 10.1. The Hall–Kier alpha value is -2.51. The van der Waals surface area contributed by atoms with Crippen LogP contribution in [0.4, 0.5) is 18.9 Å². The zero-order chi connectivity index (χ0) is 13.3. The molecular formula is C10H6F3N3O2. The van der Waals surface area contributed by atoms with E-state index in [2.05, 4.69) is 15.5 Å². The van der Waals surface area contributed by atoms with Crippen molar-refractivity contribution in [3.63, 3.8) is 0 Å². The first-order valence-electron chi connectivity index (χ1n) is 4.67. The smallest absolute Gasteiger partial charge is 0.258 e. The molecule has 0 aliphatic carbocycles. The highest BCUT2D eigenvalue weighted by atomic mass is 19.2. The van der Waals surface area contributed by atoms with Gasteiger partial charge >= 0.3 is 0 Å². The molecule has 94 valence electrons. The van der Waals surface area contributed by atoms with Crippen molar-refractivity contribution in [1.82, 2.24) is 10.2 Å². The Bertz CT molecular complexity index is 599. The van der Waals surface area contributed by atoms with E-state index in [-0.39, 0.29) is 5.69 Å². The molecule has 5 nitrogen and oxygen atoms in total. The highest BCUT2D eigenvalue weighted by molar-refractivity contribution is 6.04. The first-order chi connectivity index (χ1) is 8.50. The molecule has 1 heterocycles. The molecule has 0 atom stereocenters. The number of hydrogen-bond acceptors (Lipinski definition) is 3. The number of carbonyl (C=O) groups is 1. The van der Waals surface area contributed by atoms with Gasteiger partial charge in [0.25, 0.3) is 5.91 Å². The number of anilines is 1. The lowest BCUT2D eigenvalue weighted by molar-refractivity contribution is 0.102. The second kappa shape index (κ2) is 4.40.